The first-order chi connectivity index (χ1) is 11.1. The highest BCUT2D eigenvalue weighted by Gasteiger charge is 2.23. The number of imidazole rings is 1. The summed E-state index contributed by atoms with van der Waals surface area (Å²) in [5.41, 5.74) is 7.73. The van der Waals surface area contributed by atoms with E-state index < -0.39 is 0 Å². The van der Waals surface area contributed by atoms with Crippen molar-refractivity contribution in [1.29, 1.82) is 0 Å². The average Bonchev–Trinajstić information content (AvgIpc) is 2.91. The summed E-state index contributed by atoms with van der Waals surface area (Å²) < 4.78 is 13.0. The van der Waals surface area contributed by atoms with E-state index in [2.05, 4.69) is 4.57 Å². The Labute approximate surface area is 141 Å². The molecule has 124 valence electrons. The molecule has 2 N–H and O–H groups in total. The van der Waals surface area contributed by atoms with E-state index in [1.807, 2.05) is 12.1 Å². The molecule has 1 aliphatic rings. The molecule has 1 saturated carbocycles. The molecule has 1 heterocycles. The predicted octanol–water partition coefficient (Wildman–Crippen LogP) is 3.39. The number of fused-ring (bicyclic) bond motifs is 1. The van der Waals surface area contributed by atoms with Crippen LogP contribution in [0.3, 0.4) is 0 Å². The lowest BCUT2D eigenvalue weighted by atomic mass is 9.88. The van der Waals surface area contributed by atoms with Crippen LogP contribution in [0.4, 0.5) is 0 Å². The van der Waals surface area contributed by atoms with Crippen molar-refractivity contribution >= 4 is 28.2 Å². The zero-order valence-electron chi connectivity index (χ0n) is 13.7. The standard InChI is InChI=1S/C17H23N3O2S/c1-21-14-8-12-13(9-15(14)22-2)20(10-16(18)23)17(19-12)11-6-4-3-5-7-11/h8-9,11H,3-7,10H2,1-2H3,(H2,18,23). The van der Waals surface area contributed by atoms with Crippen molar-refractivity contribution in [2.45, 2.75) is 44.6 Å². The number of hydrogen-bond acceptors (Lipinski definition) is 4. The molecule has 1 aromatic heterocycles. The van der Waals surface area contributed by atoms with Gasteiger partial charge in [0.1, 0.15) is 5.82 Å². The minimum absolute atomic E-state index is 0.469. The lowest BCUT2D eigenvalue weighted by Crippen LogP contribution is -2.20. The van der Waals surface area contributed by atoms with Gasteiger partial charge in [-0.25, -0.2) is 4.98 Å². The zero-order chi connectivity index (χ0) is 16.4. The van der Waals surface area contributed by atoms with Crippen molar-refractivity contribution in [2.75, 3.05) is 14.2 Å². The van der Waals surface area contributed by atoms with Crippen molar-refractivity contribution < 1.29 is 9.47 Å². The van der Waals surface area contributed by atoms with E-state index in [-0.39, 0.29) is 0 Å². The number of ether oxygens (including phenoxy) is 2. The maximum atomic E-state index is 5.83. The third-order valence-electron chi connectivity index (χ3n) is 4.57. The number of hydrogen-bond donors (Lipinski definition) is 1. The van der Waals surface area contributed by atoms with Gasteiger partial charge in [0.05, 0.1) is 36.8 Å². The van der Waals surface area contributed by atoms with Crippen LogP contribution >= 0.6 is 12.2 Å². The summed E-state index contributed by atoms with van der Waals surface area (Å²) in [6, 6.07) is 3.89. The Hall–Kier alpha value is -1.82. The van der Waals surface area contributed by atoms with Crippen LogP contribution < -0.4 is 15.2 Å². The summed E-state index contributed by atoms with van der Waals surface area (Å²) in [5, 5.41) is 0. The number of thiocarbonyl (C=S) groups is 1. The maximum absolute atomic E-state index is 5.83. The molecule has 1 fully saturated rings. The summed E-state index contributed by atoms with van der Waals surface area (Å²) in [4.78, 5) is 5.35. The van der Waals surface area contributed by atoms with Gasteiger partial charge in [-0.2, -0.15) is 0 Å². The molecule has 1 aliphatic carbocycles. The highest BCUT2D eigenvalue weighted by atomic mass is 32.1. The number of rotatable bonds is 5. The van der Waals surface area contributed by atoms with E-state index in [0.29, 0.717) is 29.0 Å². The lowest BCUT2D eigenvalue weighted by molar-refractivity contribution is 0.355. The summed E-state index contributed by atoms with van der Waals surface area (Å²) in [7, 11) is 3.28. The number of benzene rings is 1. The SMILES string of the molecule is COc1cc2nc(C3CCCCC3)n(CC(N)=S)c2cc1OC. The Bertz CT molecular complexity index is 720. The van der Waals surface area contributed by atoms with Gasteiger partial charge in [-0.3, -0.25) is 0 Å². The molecule has 0 radical (unpaired) electrons. The summed E-state index contributed by atoms with van der Waals surface area (Å²) in [6.45, 7) is 0.507. The van der Waals surface area contributed by atoms with Crippen LogP contribution in [0.25, 0.3) is 11.0 Å². The van der Waals surface area contributed by atoms with E-state index in [1.165, 1.54) is 32.1 Å². The van der Waals surface area contributed by atoms with Gasteiger partial charge in [0.15, 0.2) is 11.5 Å². The molecule has 0 spiro atoms. The Morgan fingerprint density at radius 3 is 2.48 bits per heavy atom. The molecule has 3 rings (SSSR count). The zero-order valence-corrected chi connectivity index (χ0v) is 14.5. The van der Waals surface area contributed by atoms with Crippen LogP contribution in [0.5, 0.6) is 11.5 Å². The topological polar surface area (TPSA) is 62.3 Å². The van der Waals surface area contributed by atoms with Crippen LogP contribution in [0.2, 0.25) is 0 Å². The molecule has 6 heteroatoms. The van der Waals surface area contributed by atoms with Crippen molar-refractivity contribution in [1.82, 2.24) is 9.55 Å². The van der Waals surface area contributed by atoms with Crippen LogP contribution in [0.1, 0.15) is 43.8 Å². The van der Waals surface area contributed by atoms with Gasteiger partial charge >= 0.3 is 0 Å². The summed E-state index contributed by atoms with van der Waals surface area (Å²) >= 11 is 5.15. The molecular formula is C17H23N3O2S. The molecule has 2 aromatic rings. The second-order valence-electron chi connectivity index (χ2n) is 6.05. The van der Waals surface area contributed by atoms with Crippen molar-refractivity contribution in [2.24, 2.45) is 5.73 Å². The van der Waals surface area contributed by atoms with E-state index in [9.17, 15) is 0 Å². The molecule has 0 bridgehead atoms. The fourth-order valence-electron chi connectivity index (χ4n) is 3.46. The Kier molecular flexibility index (Phi) is 4.71. The van der Waals surface area contributed by atoms with Gasteiger partial charge in [-0.05, 0) is 12.8 Å². The normalized spacial score (nSPS) is 15.7. The van der Waals surface area contributed by atoms with Crippen LogP contribution in [-0.2, 0) is 6.54 Å². The number of methoxy groups -OCH3 is 2. The molecule has 23 heavy (non-hydrogen) atoms. The highest BCUT2D eigenvalue weighted by molar-refractivity contribution is 7.80. The number of nitrogens with two attached hydrogens (primary N) is 1. The molecule has 0 aliphatic heterocycles. The average molecular weight is 333 g/mol. The van der Waals surface area contributed by atoms with Crippen LogP contribution in [0, 0.1) is 0 Å². The van der Waals surface area contributed by atoms with Gasteiger partial charge in [0, 0.05) is 18.1 Å². The fourth-order valence-corrected chi connectivity index (χ4v) is 3.59. The quantitative estimate of drug-likeness (QED) is 0.850. The Morgan fingerprint density at radius 1 is 1.22 bits per heavy atom. The number of aromatic nitrogens is 2. The summed E-state index contributed by atoms with van der Waals surface area (Å²) in [6.07, 6.45) is 6.18. The fraction of sp³-hybridized carbons (Fsp3) is 0.529. The minimum Gasteiger partial charge on any atom is -0.493 e. The monoisotopic (exact) mass is 333 g/mol. The molecule has 0 amide bonds. The molecule has 0 saturated heterocycles. The first-order valence-corrected chi connectivity index (χ1v) is 8.45. The minimum atomic E-state index is 0.469. The van der Waals surface area contributed by atoms with E-state index in [0.717, 1.165) is 16.9 Å². The van der Waals surface area contributed by atoms with E-state index in [4.69, 9.17) is 32.4 Å². The van der Waals surface area contributed by atoms with Gasteiger partial charge in [0.2, 0.25) is 0 Å². The Balaban J connectivity index is 2.15. The van der Waals surface area contributed by atoms with Crippen LogP contribution in [-0.4, -0.2) is 28.8 Å². The van der Waals surface area contributed by atoms with Crippen molar-refractivity contribution in [3.8, 4) is 11.5 Å². The maximum Gasteiger partial charge on any atom is 0.163 e. The van der Waals surface area contributed by atoms with Crippen molar-refractivity contribution in [3.05, 3.63) is 18.0 Å². The predicted molar refractivity (Wildman–Crippen MR) is 95.4 cm³/mol. The molecule has 5 nitrogen and oxygen atoms in total. The van der Waals surface area contributed by atoms with Crippen molar-refractivity contribution in [3.63, 3.8) is 0 Å². The highest BCUT2D eigenvalue weighted by Crippen LogP contribution is 2.37. The van der Waals surface area contributed by atoms with E-state index >= 15 is 0 Å². The largest absolute Gasteiger partial charge is 0.493 e. The first kappa shape index (κ1) is 16.1. The smallest absolute Gasteiger partial charge is 0.163 e. The molecule has 1 aromatic carbocycles. The third kappa shape index (κ3) is 3.13. The molecule has 0 unspecified atom stereocenters. The van der Waals surface area contributed by atoms with Gasteiger partial charge in [-0.15, -0.1) is 0 Å². The lowest BCUT2D eigenvalue weighted by Gasteiger charge is -2.22. The van der Waals surface area contributed by atoms with Crippen LogP contribution in [0.15, 0.2) is 12.1 Å². The second-order valence-corrected chi connectivity index (χ2v) is 6.58. The van der Waals surface area contributed by atoms with Gasteiger partial charge in [0.25, 0.3) is 0 Å². The second kappa shape index (κ2) is 6.74. The first-order valence-electron chi connectivity index (χ1n) is 8.04. The third-order valence-corrected chi connectivity index (χ3v) is 4.70. The van der Waals surface area contributed by atoms with Gasteiger partial charge in [-0.1, -0.05) is 31.5 Å². The molecule has 0 atom stereocenters. The van der Waals surface area contributed by atoms with E-state index in [1.54, 1.807) is 14.2 Å². The summed E-state index contributed by atoms with van der Waals surface area (Å²) in [5.74, 6) is 2.94. The van der Waals surface area contributed by atoms with Gasteiger partial charge < -0.3 is 19.8 Å². The Morgan fingerprint density at radius 2 is 1.87 bits per heavy atom. The number of nitrogens with zero attached hydrogens (tertiary/aromatic N) is 2. The molecular weight excluding hydrogens is 310 g/mol.